The van der Waals surface area contributed by atoms with Gasteiger partial charge in [-0.05, 0) is 35.9 Å². The molecular weight excluding hydrogens is 286 g/mol. The van der Waals surface area contributed by atoms with E-state index in [4.69, 9.17) is 16.3 Å². The van der Waals surface area contributed by atoms with Gasteiger partial charge in [0.25, 0.3) is 0 Å². The first-order chi connectivity index (χ1) is 9.54. The molecule has 0 saturated carbocycles. The van der Waals surface area contributed by atoms with Crippen molar-refractivity contribution in [2.75, 3.05) is 0 Å². The molecule has 2 atom stereocenters. The second kappa shape index (κ2) is 5.04. The molecule has 0 saturated heterocycles. The fraction of sp³-hybridized carbons (Fsp3) is 0.200. The molecule has 2 unspecified atom stereocenters. The molecule has 0 aliphatic carbocycles. The molecule has 5 heteroatoms. The lowest BCUT2D eigenvalue weighted by Gasteiger charge is -2.30. The Morgan fingerprint density at radius 2 is 1.90 bits per heavy atom. The third kappa shape index (κ3) is 2.37. The second-order valence-corrected chi connectivity index (χ2v) is 5.15. The smallest absolute Gasteiger partial charge is 0.159 e. The summed E-state index contributed by atoms with van der Waals surface area (Å²) < 4.78 is 31.9. The second-order valence-electron chi connectivity index (χ2n) is 4.71. The van der Waals surface area contributed by atoms with Gasteiger partial charge in [-0.2, -0.15) is 0 Å². The number of aliphatic hydroxyl groups is 1. The van der Waals surface area contributed by atoms with Crippen LogP contribution in [0, 0.1) is 11.6 Å². The van der Waals surface area contributed by atoms with Crippen molar-refractivity contribution in [1.82, 2.24) is 0 Å². The maximum absolute atomic E-state index is 13.3. The Kier molecular flexibility index (Phi) is 3.36. The molecule has 1 aliphatic rings. The third-order valence-corrected chi connectivity index (χ3v) is 3.59. The highest BCUT2D eigenvalue weighted by molar-refractivity contribution is 6.30. The zero-order chi connectivity index (χ0) is 14.3. The summed E-state index contributed by atoms with van der Waals surface area (Å²) in [6.07, 6.45) is -1.01. The first-order valence-corrected chi connectivity index (χ1v) is 6.51. The number of ether oxygens (including phenoxy) is 1. The van der Waals surface area contributed by atoms with Crippen molar-refractivity contribution in [3.8, 4) is 5.75 Å². The van der Waals surface area contributed by atoms with Crippen LogP contribution < -0.4 is 4.74 Å². The lowest BCUT2D eigenvalue weighted by Crippen LogP contribution is -2.19. The highest BCUT2D eigenvalue weighted by atomic mass is 35.5. The SMILES string of the molecule is OC1CC(c2ccc(F)c(F)c2)Oc2ccc(Cl)cc21. The molecule has 3 rings (SSSR count). The van der Waals surface area contributed by atoms with E-state index in [1.54, 1.807) is 18.2 Å². The molecule has 0 spiro atoms. The number of hydrogen-bond donors (Lipinski definition) is 1. The third-order valence-electron chi connectivity index (χ3n) is 3.35. The van der Waals surface area contributed by atoms with Crippen molar-refractivity contribution in [2.45, 2.75) is 18.6 Å². The predicted octanol–water partition coefficient (Wildman–Crippen LogP) is 4.18. The van der Waals surface area contributed by atoms with Gasteiger partial charge in [-0.15, -0.1) is 0 Å². The largest absolute Gasteiger partial charge is 0.485 e. The van der Waals surface area contributed by atoms with Gasteiger partial charge in [0.05, 0.1) is 6.10 Å². The fourth-order valence-corrected chi connectivity index (χ4v) is 2.52. The first-order valence-electron chi connectivity index (χ1n) is 6.13. The summed E-state index contributed by atoms with van der Waals surface area (Å²) in [5.41, 5.74) is 1.10. The van der Waals surface area contributed by atoms with E-state index in [9.17, 15) is 13.9 Å². The van der Waals surface area contributed by atoms with E-state index in [0.29, 0.717) is 21.9 Å². The summed E-state index contributed by atoms with van der Waals surface area (Å²) in [5.74, 6) is -1.33. The fourth-order valence-electron chi connectivity index (χ4n) is 2.33. The average molecular weight is 297 g/mol. The normalized spacial score (nSPS) is 21.2. The van der Waals surface area contributed by atoms with Crippen LogP contribution in [0.1, 0.15) is 29.8 Å². The van der Waals surface area contributed by atoms with Crippen LogP contribution in [0.25, 0.3) is 0 Å². The highest BCUT2D eigenvalue weighted by Crippen LogP contribution is 2.41. The number of aliphatic hydroxyl groups excluding tert-OH is 1. The van der Waals surface area contributed by atoms with Gasteiger partial charge >= 0.3 is 0 Å². The molecule has 0 radical (unpaired) electrons. The van der Waals surface area contributed by atoms with Crippen LogP contribution in [0.15, 0.2) is 36.4 Å². The van der Waals surface area contributed by atoms with E-state index in [1.807, 2.05) is 0 Å². The Morgan fingerprint density at radius 3 is 2.65 bits per heavy atom. The van der Waals surface area contributed by atoms with Crippen LogP contribution in [-0.4, -0.2) is 5.11 Å². The van der Waals surface area contributed by atoms with Gasteiger partial charge in [0.2, 0.25) is 0 Å². The van der Waals surface area contributed by atoms with Crippen molar-refractivity contribution in [3.63, 3.8) is 0 Å². The molecule has 2 aromatic rings. The van der Waals surface area contributed by atoms with Crippen molar-refractivity contribution in [2.24, 2.45) is 0 Å². The Bertz CT molecular complexity index is 660. The zero-order valence-corrected chi connectivity index (χ0v) is 11.1. The predicted molar refractivity (Wildman–Crippen MR) is 70.8 cm³/mol. The molecule has 0 amide bonds. The standard InChI is InChI=1S/C15H11ClF2O2/c16-9-2-4-14-10(6-9)13(19)7-15(20-14)8-1-3-11(17)12(18)5-8/h1-6,13,15,19H,7H2. The number of benzene rings is 2. The maximum atomic E-state index is 13.3. The van der Waals surface area contributed by atoms with Gasteiger partial charge in [0.15, 0.2) is 11.6 Å². The van der Waals surface area contributed by atoms with Gasteiger partial charge in [0.1, 0.15) is 11.9 Å². The monoisotopic (exact) mass is 296 g/mol. The molecule has 104 valence electrons. The van der Waals surface area contributed by atoms with Crippen molar-refractivity contribution < 1.29 is 18.6 Å². The van der Waals surface area contributed by atoms with E-state index in [0.717, 1.165) is 12.1 Å². The summed E-state index contributed by atoms with van der Waals surface area (Å²) in [6, 6.07) is 8.55. The van der Waals surface area contributed by atoms with Gasteiger partial charge in [-0.3, -0.25) is 0 Å². The number of fused-ring (bicyclic) bond motifs is 1. The Morgan fingerprint density at radius 1 is 1.10 bits per heavy atom. The summed E-state index contributed by atoms with van der Waals surface area (Å²) in [4.78, 5) is 0. The number of hydrogen-bond acceptors (Lipinski definition) is 2. The van der Waals surface area contributed by atoms with Crippen LogP contribution in [0.4, 0.5) is 8.78 Å². The summed E-state index contributed by atoms with van der Waals surface area (Å²) in [7, 11) is 0. The topological polar surface area (TPSA) is 29.5 Å². The molecular formula is C15H11ClF2O2. The minimum atomic E-state index is -0.928. The van der Waals surface area contributed by atoms with Crippen LogP contribution >= 0.6 is 11.6 Å². The molecule has 2 nitrogen and oxygen atoms in total. The molecule has 20 heavy (non-hydrogen) atoms. The molecule has 1 N–H and O–H groups in total. The Balaban J connectivity index is 1.94. The van der Waals surface area contributed by atoms with Gasteiger partial charge in [0, 0.05) is 17.0 Å². The minimum absolute atomic E-state index is 0.262. The van der Waals surface area contributed by atoms with E-state index in [-0.39, 0.29) is 6.42 Å². The number of halogens is 3. The van der Waals surface area contributed by atoms with Crippen LogP contribution in [0.3, 0.4) is 0 Å². The summed E-state index contributed by atoms with van der Waals surface area (Å²) >= 11 is 5.88. The van der Waals surface area contributed by atoms with E-state index >= 15 is 0 Å². The summed E-state index contributed by atoms with van der Waals surface area (Å²) in [5, 5.41) is 10.6. The van der Waals surface area contributed by atoms with Crippen LogP contribution in [0.5, 0.6) is 5.75 Å². The van der Waals surface area contributed by atoms with E-state index in [1.165, 1.54) is 6.07 Å². The molecule has 0 bridgehead atoms. The molecule has 0 fully saturated rings. The Labute approximate surface area is 119 Å². The zero-order valence-electron chi connectivity index (χ0n) is 10.3. The van der Waals surface area contributed by atoms with Crippen molar-refractivity contribution in [1.29, 1.82) is 0 Å². The average Bonchev–Trinajstić information content (AvgIpc) is 2.42. The van der Waals surface area contributed by atoms with E-state index in [2.05, 4.69) is 0 Å². The van der Waals surface area contributed by atoms with Crippen molar-refractivity contribution >= 4 is 11.6 Å². The van der Waals surface area contributed by atoms with E-state index < -0.39 is 23.8 Å². The molecule has 0 aromatic heterocycles. The van der Waals surface area contributed by atoms with Crippen LogP contribution in [0.2, 0.25) is 5.02 Å². The summed E-state index contributed by atoms with van der Waals surface area (Å²) in [6.45, 7) is 0. The quantitative estimate of drug-likeness (QED) is 0.855. The first kappa shape index (κ1) is 13.3. The van der Waals surface area contributed by atoms with Gasteiger partial charge < -0.3 is 9.84 Å². The molecule has 1 aliphatic heterocycles. The van der Waals surface area contributed by atoms with Gasteiger partial charge in [-0.25, -0.2) is 8.78 Å². The Hall–Kier alpha value is -1.65. The minimum Gasteiger partial charge on any atom is -0.485 e. The van der Waals surface area contributed by atoms with Crippen molar-refractivity contribution in [3.05, 3.63) is 64.2 Å². The maximum Gasteiger partial charge on any atom is 0.159 e. The van der Waals surface area contributed by atoms with Crippen LogP contribution in [-0.2, 0) is 0 Å². The lowest BCUT2D eigenvalue weighted by molar-refractivity contribution is 0.0655. The lowest BCUT2D eigenvalue weighted by atomic mass is 9.95. The molecule has 2 aromatic carbocycles. The number of rotatable bonds is 1. The van der Waals surface area contributed by atoms with Gasteiger partial charge in [-0.1, -0.05) is 17.7 Å². The molecule has 1 heterocycles. The highest BCUT2D eigenvalue weighted by Gasteiger charge is 2.28.